The molecule has 27 heteroatoms. The predicted molar refractivity (Wildman–Crippen MR) is 345 cm³/mol. The number of aliphatic hydroxyl groups excluding tert-OH is 6. The second kappa shape index (κ2) is 38.0. The molecular formula is C66H84N6NaO18S2+. The Kier molecular flexibility index (Phi) is 31.1. The van der Waals surface area contributed by atoms with Gasteiger partial charge >= 0.3 is 41.5 Å². The van der Waals surface area contributed by atoms with Crippen molar-refractivity contribution in [3.05, 3.63) is 156 Å². The Hall–Kier alpha value is -5.86. The first-order valence-corrected chi connectivity index (χ1v) is 32.7. The van der Waals surface area contributed by atoms with Crippen LogP contribution >= 0.6 is 23.5 Å². The molecule has 93 heavy (non-hydrogen) atoms. The molecule has 498 valence electrons. The molecule has 5 aromatic carbocycles. The van der Waals surface area contributed by atoms with Crippen LogP contribution in [0.15, 0.2) is 133 Å². The third kappa shape index (κ3) is 22.6. The molecule has 2 saturated heterocycles. The van der Waals surface area contributed by atoms with Gasteiger partial charge in [0.15, 0.2) is 0 Å². The number of carboxylic acid groups (broad SMARTS) is 2. The number of carbonyl (C=O) groups is 6. The van der Waals surface area contributed by atoms with E-state index in [1.165, 1.54) is 61.6 Å². The summed E-state index contributed by atoms with van der Waals surface area (Å²) in [5.41, 5.74) is 6.64. The Morgan fingerprint density at radius 3 is 1.19 bits per heavy atom. The Morgan fingerprint density at radius 2 is 0.860 bits per heavy atom. The van der Waals surface area contributed by atoms with Crippen molar-refractivity contribution in [2.24, 2.45) is 0 Å². The fourth-order valence-corrected chi connectivity index (χ4v) is 12.2. The molecule has 2 aliphatic rings. The molecule has 0 aromatic heterocycles. The van der Waals surface area contributed by atoms with Gasteiger partial charge in [0, 0.05) is 88.6 Å². The number of ether oxygens (including phenoxy) is 4. The maximum atomic E-state index is 12.9. The van der Waals surface area contributed by atoms with Crippen molar-refractivity contribution in [2.75, 3.05) is 62.4 Å². The van der Waals surface area contributed by atoms with E-state index in [-0.39, 0.29) is 80.8 Å². The largest absolute Gasteiger partial charge is 1.00 e. The molecule has 0 bridgehead atoms. The van der Waals surface area contributed by atoms with Gasteiger partial charge in [-0.25, -0.2) is 9.59 Å². The van der Waals surface area contributed by atoms with Gasteiger partial charge in [0.05, 0.1) is 49.7 Å². The van der Waals surface area contributed by atoms with Crippen LogP contribution in [0.1, 0.15) is 71.4 Å². The zero-order valence-electron chi connectivity index (χ0n) is 52.3. The minimum absolute atomic E-state index is 0. The standard InChI is InChI=1S/C66H84N6O18S2.Na/c1-41(73)71-55-51(75)35-65(63(83)84,89-59(55)57(79)53(77)39-67-37-43-15-19-47(20-16-43)45-11-5-3-6-12-45)87-29-9-31-91-33-27-69-61(81)49-23-25-50(26-24-49)62(82)70-28-34-92-32-10-30-88-66(64(85)86)36-52(76)56(72-42(2)74)60(90-66)58(80)54(78)40-68-38-44-17-21-48(22-18-44)46-13-7-4-8-14-46;/h3-8,11-26,51-60,67-68,75-80H,9-10,27-40H2,1-2H3,(H,69,81)(H,70,82)(H,71,73)(H,72,74)(H,83,84)(H,85,86);/q;+1/t51-,52-,53+,54+,55+,56+,57?,58?,59+,60+,65+,66+;/m0./s1. The van der Waals surface area contributed by atoms with E-state index in [2.05, 4.69) is 31.9 Å². The van der Waals surface area contributed by atoms with Crippen LogP contribution in [0.4, 0.5) is 0 Å². The number of carbonyl (C=O) groups excluding carboxylic acids is 4. The molecule has 2 heterocycles. The second-order valence-electron chi connectivity index (χ2n) is 22.5. The van der Waals surface area contributed by atoms with Crippen molar-refractivity contribution < 1.29 is 118 Å². The molecule has 2 fully saturated rings. The molecule has 2 aliphatic heterocycles. The average Bonchev–Trinajstić information content (AvgIpc) is 0.783. The first-order chi connectivity index (χ1) is 44.2. The number of benzene rings is 5. The third-order valence-electron chi connectivity index (χ3n) is 15.5. The van der Waals surface area contributed by atoms with Crippen LogP contribution in [-0.2, 0) is 51.2 Å². The minimum Gasteiger partial charge on any atom is -0.477 e. The second-order valence-corrected chi connectivity index (χ2v) is 24.9. The van der Waals surface area contributed by atoms with E-state index in [0.717, 1.165) is 33.4 Å². The van der Waals surface area contributed by atoms with Crippen LogP contribution in [0.3, 0.4) is 0 Å². The van der Waals surface area contributed by atoms with Gasteiger partial charge in [-0.15, -0.1) is 0 Å². The van der Waals surface area contributed by atoms with Crippen LogP contribution in [0.5, 0.6) is 0 Å². The Bertz CT molecular complexity index is 2940. The van der Waals surface area contributed by atoms with Gasteiger partial charge in [-0.2, -0.15) is 23.5 Å². The minimum atomic E-state index is -2.41. The van der Waals surface area contributed by atoms with E-state index < -0.39 is 109 Å². The fraction of sp³-hybridized carbons (Fsp3) is 0.455. The maximum absolute atomic E-state index is 12.9. The van der Waals surface area contributed by atoms with E-state index in [9.17, 15) is 69.6 Å². The van der Waals surface area contributed by atoms with Gasteiger partial charge in [0.2, 0.25) is 11.8 Å². The van der Waals surface area contributed by atoms with E-state index in [1.54, 1.807) is 0 Å². The molecule has 0 aliphatic carbocycles. The van der Waals surface area contributed by atoms with Crippen molar-refractivity contribution in [3.8, 4) is 22.3 Å². The molecule has 0 radical (unpaired) electrons. The normalized spacial score (nSPS) is 22.4. The van der Waals surface area contributed by atoms with Crippen molar-refractivity contribution in [1.82, 2.24) is 31.9 Å². The van der Waals surface area contributed by atoms with Crippen LogP contribution in [-0.4, -0.2) is 211 Å². The number of aliphatic hydroxyl groups is 6. The monoisotopic (exact) mass is 1340 g/mol. The summed E-state index contributed by atoms with van der Waals surface area (Å²) in [6, 6.07) is 38.8. The summed E-state index contributed by atoms with van der Waals surface area (Å²) < 4.78 is 23.4. The first-order valence-electron chi connectivity index (χ1n) is 30.4. The van der Waals surface area contributed by atoms with E-state index >= 15 is 0 Å². The van der Waals surface area contributed by atoms with Gasteiger partial charge in [0.25, 0.3) is 23.4 Å². The Labute approximate surface area is 571 Å². The molecular weight excluding hydrogens is 1250 g/mol. The smallest absolute Gasteiger partial charge is 0.477 e. The molecule has 12 atom stereocenters. The average molecular weight is 1340 g/mol. The Balaban J connectivity index is 0.0000137. The number of hydrogen-bond donors (Lipinski definition) is 14. The number of rotatable bonds is 36. The fourth-order valence-electron chi connectivity index (χ4n) is 10.7. The number of thioether (sulfide) groups is 2. The summed E-state index contributed by atoms with van der Waals surface area (Å²) in [6.45, 7) is 3.08. The first kappa shape index (κ1) is 76.2. The van der Waals surface area contributed by atoms with Gasteiger partial charge < -0.3 is 91.7 Å². The van der Waals surface area contributed by atoms with Gasteiger partial charge in [-0.1, -0.05) is 109 Å². The van der Waals surface area contributed by atoms with E-state index in [0.29, 0.717) is 60.1 Å². The van der Waals surface area contributed by atoms with Crippen molar-refractivity contribution in [3.63, 3.8) is 0 Å². The van der Waals surface area contributed by atoms with Crippen LogP contribution in [0.25, 0.3) is 22.3 Å². The molecule has 4 amide bonds. The molecule has 2 unspecified atom stereocenters. The number of amides is 4. The SMILES string of the molecule is CC(=O)N[C@@H]1[C@@H](O)C[C@](OCCCSCCNC(=O)c2ccc(C(=O)NCCSCCCO[C@]3(C(=O)O)C[C@H](O)[C@@H](NC(C)=O)[C@H](C(O)[C@H](O)CNCc4ccc(-c5ccccc5)cc4)O3)cc2)(C(=O)O)O[C@H]1C(O)[C@H](O)CNCc1ccc(-c2ccccc2)cc1.[Na+]. The summed E-state index contributed by atoms with van der Waals surface area (Å²) in [6.07, 6.45) is -13.3. The van der Waals surface area contributed by atoms with Crippen molar-refractivity contribution in [1.29, 1.82) is 0 Å². The van der Waals surface area contributed by atoms with E-state index in [4.69, 9.17) is 18.9 Å². The third-order valence-corrected chi connectivity index (χ3v) is 17.6. The molecule has 24 nitrogen and oxygen atoms in total. The summed E-state index contributed by atoms with van der Waals surface area (Å²) in [5, 5.41) is 105. The summed E-state index contributed by atoms with van der Waals surface area (Å²) in [7, 11) is 0. The van der Waals surface area contributed by atoms with E-state index in [1.807, 2.05) is 109 Å². The zero-order chi connectivity index (χ0) is 66.2. The molecule has 0 saturated carbocycles. The molecule has 0 spiro atoms. The van der Waals surface area contributed by atoms with Gasteiger partial charge in [-0.3, -0.25) is 19.2 Å². The van der Waals surface area contributed by atoms with Gasteiger partial charge in [-0.05, 0) is 82.0 Å². The Morgan fingerprint density at radius 1 is 0.516 bits per heavy atom. The zero-order valence-corrected chi connectivity index (χ0v) is 55.9. The van der Waals surface area contributed by atoms with Crippen LogP contribution in [0.2, 0.25) is 0 Å². The number of nitrogens with one attached hydrogen (secondary N) is 6. The van der Waals surface area contributed by atoms with Crippen LogP contribution < -0.4 is 61.5 Å². The number of aliphatic carboxylic acids is 2. The van der Waals surface area contributed by atoms with Crippen LogP contribution in [0, 0.1) is 0 Å². The van der Waals surface area contributed by atoms with Crippen molar-refractivity contribution in [2.45, 2.75) is 125 Å². The molecule has 7 rings (SSSR count). The quantitative estimate of drug-likeness (QED) is 0.0180. The summed E-state index contributed by atoms with van der Waals surface area (Å²) >= 11 is 2.91. The summed E-state index contributed by atoms with van der Waals surface area (Å²) in [5.74, 6) is -7.90. The number of hydrogen-bond acceptors (Lipinski definition) is 20. The van der Waals surface area contributed by atoms with Crippen molar-refractivity contribution >= 4 is 59.1 Å². The molecule has 5 aromatic rings. The van der Waals surface area contributed by atoms with Gasteiger partial charge in [0.1, 0.15) is 24.4 Å². The number of carboxylic acids is 2. The predicted octanol–water partition coefficient (Wildman–Crippen LogP) is -0.342. The maximum Gasteiger partial charge on any atom is 1.00 e. The summed E-state index contributed by atoms with van der Waals surface area (Å²) in [4.78, 5) is 75.6. The topological polar surface area (TPSA) is 373 Å². The molecule has 14 N–H and O–H groups in total.